The van der Waals surface area contributed by atoms with Crippen molar-refractivity contribution in [2.45, 2.75) is 0 Å². The van der Waals surface area contributed by atoms with Gasteiger partial charge in [-0.2, -0.15) is 0 Å². The van der Waals surface area contributed by atoms with Gasteiger partial charge in [-0.05, 0) is 18.2 Å². The van der Waals surface area contributed by atoms with Gasteiger partial charge in [0.25, 0.3) is 5.91 Å². The highest BCUT2D eigenvalue weighted by Gasteiger charge is 2.07. The Morgan fingerprint density at radius 1 is 1.48 bits per heavy atom. The number of rotatable bonds is 7. The monoisotopic (exact) mass is 289 g/mol. The van der Waals surface area contributed by atoms with E-state index in [2.05, 4.69) is 11.2 Å². The zero-order valence-corrected chi connectivity index (χ0v) is 11.5. The Hall–Kier alpha value is -2.94. The van der Waals surface area contributed by atoms with Crippen molar-refractivity contribution in [3.05, 3.63) is 29.8 Å². The third-order valence-corrected chi connectivity index (χ3v) is 2.37. The number of carbonyl (C=O) groups is 2. The molecule has 0 aromatic heterocycles. The lowest BCUT2D eigenvalue weighted by molar-refractivity contribution is -0.131. The normalized spacial score (nSPS) is 9.90. The van der Waals surface area contributed by atoms with Crippen molar-refractivity contribution in [3.63, 3.8) is 0 Å². The minimum absolute atomic E-state index is 0.117. The Labute approximate surface area is 122 Å². The minimum atomic E-state index is -1.08. The lowest BCUT2D eigenvalue weighted by Gasteiger charge is -2.10. The molecule has 0 saturated heterocycles. The van der Waals surface area contributed by atoms with Crippen LogP contribution < -0.4 is 14.8 Å². The van der Waals surface area contributed by atoms with Crippen molar-refractivity contribution in [3.8, 4) is 23.8 Å². The Bertz CT molecular complexity index is 586. The zero-order valence-electron chi connectivity index (χ0n) is 11.5. The number of hydrogen-bond acceptors (Lipinski definition) is 4. The number of terminal acetylenes is 1. The van der Waals surface area contributed by atoms with Crippen LogP contribution in [0, 0.1) is 12.3 Å². The molecule has 0 atom stereocenters. The van der Waals surface area contributed by atoms with E-state index in [0.717, 1.165) is 6.08 Å². The van der Waals surface area contributed by atoms with Gasteiger partial charge < -0.3 is 19.9 Å². The number of aliphatic carboxylic acids is 1. The summed E-state index contributed by atoms with van der Waals surface area (Å²) < 4.78 is 10.4. The molecule has 2 N–H and O–H groups in total. The number of hydrogen-bond donors (Lipinski definition) is 2. The molecule has 1 aromatic carbocycles. The molecule has 21 heavy (non-hydrogen) atoms. The molecule has 0 aliphatic carbocycles. The Kier molecular flexibility index (Phi) is 6.35. The number of amides is 1. The maximum absolute atomic E-state index is 11.4. The summed E-state index contributed by atoms with van der Waals surface area (Å²) in [7, 11) is 1.49. The second kappa shape index (κ2) is 8.27. The van der Waals surface area contributed by atoms with E-state index < -0.39 is 5.97 Å². The highest BCUT2D eigenvalue weighted by Crippen LogP contribution is 2.26. The van der Waals surface area contributed by atoms with Gasteiger partial charge in [0, 0.05) is 17.7 Å². The predicted octanol–water partition coefficient (Wildman–Crippen LogP) is 0.921. The van der Waals surface area contributed by atoms with Gasteiger partial charge in [0.05, 0.1) is 13.7 Å². The lowest BCUT2D eigenvalue weighted by atomic mass is 10.1. The van der Waals surface area contributed by atoms with E-state index in [1.807, 2.05) is 0 Å². The first-order chi connectivity index (χ1) is 10.1. The van der Waals surface area contributed by atoms with Crippen molar-refractivity contribution < 1.29 is 24.2 Å². The fraction of sp³-hybridized carbons (Fsp3) is 0.200. The van der Waals surface area contributed by atoms with Crippen LogP contribution in [0.5, 0.6) is 11.5 Å². The van der Waals surface area contributed by atoms with Crippen LogP contribution in [0.2, 0.25) is 0 Å². The van der Waals surface area contributed by atoms with Gasteiger partial charge in [0.15, 0.2) is 6.61 Å². The van der Waals surface area contributed by atoms with E-state index >= 15 is 0 Å². The van der Waals surface area contributed by atoms with E-state index in [1.54, 1.807) is 18.2 Å². The molecule has 0 unspecified atom stereocenters. The highest BCUT2D eigenvalue weighted by atomic mass is 16.5. The molecule has 6 nitrogen and oxygen atoms in total. The molecule has 0 aliphatic rings. The molecule has 1 aromatic rings. The molecule has 110 valence electrons. The van der Waals surface area contributed by atoms with Crippen LogP contribution in [0.3, 0.4) is 0 Å². The predicted molar refractivity (Wildman–Crippen MR) is 77.0 cm³/mol. The molecule has 0 radical (unpaired) electrons. The molecule has 1 rings (SSSR count). The van der Waals surface area contributed by atoms with Crippen molar-refractivity contribution in [1.29, 1.82) is 0 Å². The molecular weight excluding hydrogens is 274 g/mol. The number of nitrogens with one attached hydrogen (secondary N) is 1. The summed E-state index contributed by atoms with van der Waals surface area (Å²) in [6.45, 7) is -0.116. The average Bonchev–Trinajstić information content (AvgIpc) is 2.48. The fourth-order valence-corrected chi connectivity index (χ4v) is 1.41. The Morgan fingerprint density at radius 3 is 2.86 bits per heavy atom. The molecule has 0 heterocycles. The summed E-state index contributed by atoms with van der Waals surface area (Å²) in [5, 5.41) is 11.1. The molecule has 0 fully saturated rings. The highest BCUT2D eigenvalue weighted by molar-refractivity contribution is 5.86. The van der Waals surface area contributed by atoms with Gasteiger partial charge in [-0.3, -0.25) is 4.79 Å². The van der Waals surface area contributed by atoms with Gasteiger partial charge >= 0.3 is 5.97 Å². The molecular formula is C15H15NO5. The summed E-state index contributed by atoms with van der Waals surface area (Å²) in [4.78, 5) is 22.0. The first kappa shape index (κ1) is 16.1. The van der Waals surface area contributed by atoms with Crippen LogP contribution in [0.1, 0.15) is 5.56 Å². The summed E-state index contributed by atoms with van der Waals surface area (Å²) in [5.74, 6) is 1.69. The third kappa shape index (κ3) is 5.70. The molecule has 1 amide bonds. The van der Waals surface area contributed by atoms with Gasteiger partial charge in [0.1, 0.15) is 11.5 Å². The number of benzene rings is 1. The minimum Gasteiger partial charge on any atom is -0.497 e. The van der Waals surface area contributed by atoms with Crippen LogP contribution in [0.25, 0.3) is 6.08 Å². The SMILES string of the molecule is C#CCNC(=O)COc1cc(OC)ccc1/C=C/C(=O)O. The van der Waals surface area contributed by atoms with Gasteiger partial charge in [-0.1, -0.05) is 5.92 Å². The Morgan fingerprint density at radius 2 is 2.24 bits per heavy atom. The Balaban J connectivity index is 2.84. The first-order valence-electron chi connectivity index (χ1n) is 5.99. The van der Waals surface area contributed by atoms with Gasteiger partial charge in [-0.25, -0.2) is 4.79 Å². The topological polar surface area (TPSA) is 84.9 Å². The molecule has 0 spiro atoms. The van der Waals surface area contributed by atoms with Crippen LogP contribution in [-0.4, -0.2) is 37.2 Å². The molecule has 0 saturated carbocycles. The quantitative estimate of drug-likeness (QED) is 0.576. The van der Waals surface area contributed by atoms with Crippen LogP contribution in [0.15, 0.2) is 24.3 Å². The summed E-state index contributed by atoms with van der Waals surface area (Å²) in [5.41, 5.74) is 0.517. The summed E-state index contributed by atoms with van der Waals surface area (Å²) in [6, 6.07) is 4.86. The first-order valence-corrected chi connectivity index (χ1v) is 5.99. The molecule has 0 bridgehead atoms. The number of ether oxygens (including phenoxy) is 2. The van der Waals surface area contributed by atoms with E-state index in [0.29, 0.717) is 17.1 Å². The lowest BCUT2D eigenvalue weighted by Crippen LogP contribution is -2.29. The van der Waals surface area contributed by atoms with Gasteiger partial charge in [0.2, 0.25) is 0 Å². The van der Waals surface area contributed by atoms with E-state index in [1.165, 1.54) is 13.2 Å². The van der Waals surface area contributed by atoms with Crippen molar-refractivity contribution in [2.24, 2.45) is 0 Å². The zero-order chi connectivity index (χ0) is 15.7. The number of carbonyl (C=O) groups excluding carboxylic acids is 1. The van der Waals surface area contributed by atoms with E-state index in [-0.39, 0.29) is 19.1 Å². The average molecular weight is 289 g/mol. The number of carboxylic acid groups (broad SMARTS) is 1. The van der Waals surface area contributed by atoms with Crippen LogP contribution in [-0.2, 0) is 9.59 Å². The van der Waals surface area contributed by atoms with Gasteiger partial charge in [-0.15, -0.1) is 6.42 Å². The van der Waals surface area contributed by atoms with E-state index in [9.17, 15) is 9.59 Å². The summed E-state index contributed by atoms with van der Waals surface area (Å²) >= 11 is 0. The maximum atomic E-state index is 11.4. The number of methoxy groups -OCH3 is 1. The maximum Gasteiger partial charge on any atom is 0.328 e. The molecule has 0 aliphatic heterocycles. The largest absolute Gasteiger partial charge is 0.497 e. The fourth-order valence-electron chi connectivity index (χ4n) is 1.41. The van der Waals surface area contributed by atoms with Crippen LogP contribution >= 0.6 is 0 Å². The van der Waals surface area contributed by atoms with Crippen molar-refractivity contribution in [2.75, 3.05) is 20.3 Å². The third-order valence-electron chi connectivity index (χ3n) is 2.37. The second-order valence-electron chi connectivity index (χ2n) is 3.84. The van der Waals surface area contributed by atoms with Crippen LogP contribution in [0.4, 0.5) is 0 Å². The van der Waals surface area contributed by atoms with Crippen molar-refractivity contribution >= 4 is 18.0 Å². The molecule has 6 heteroatoms. The summed E-state index contributed by atoms with van der Waals surface area (Å²) in [6.07, 6.45) is 7.38. The number of carboxylic acids is 1. The smallest absolute Gasteiger partial charge is 0.328 e. The standard InChI is InChI=1S/C15H15NO5/c1-3-8-16-14(17)10-21-13-9-12(20-2)6-4-11(13)5-7-15(18)19/h1,4-7,9H,8,10H2,2H3,(H,16,17)(H,18,19)/b7-5+. The van der Waals surface area contributed by atoms with Crippen molar-refractivity contribution in [1.82, 2.24) is 5.32 Å². The van der Waals surface area contributed by atoms with E-state index in [4.69, 9.17) is 21.0 Å². The second-order valence-corrected chi connectivity index (χ2v) is 3.84.